The molecule has 0 spiro atoms. The normalized spacial score (nSPS) is 12.5. The van der Waals surface area contributed by atoms with E-state index in [0.717, 1.165) is 6.33 Å². The minimum Gasteiger partial charge on any atom is -0.479 e. The van der Waals surface area contributed by atoms with Gasteiger partial charge < -0.3 is 10.1 Å². The van der Waals surface area contributed by atoms with E-state index in [4.69, 9.17) is 4.74 Å². The number of nitrogens with zero attached hydrogens (tertiary/aromatic N) is 3. The molecule has 1 amide bonds. The van der Waals surface area contributed by atoms with E-state index in [9.17, 15) is 14.0 Å². The maximum atomic E-state index is 14.2. The molecule has 0 aliphatic carbocycles. The molecule has 140 valence electrons. The summed E-state index contributed by atoms with van der Waals surface area (Å²) in [4.78, 5) is 36.3. The summed E-state index contributed by atoms with van der Waals surface area (Å²) < 4.78 is 18.9. The predicted molar refractivity (Wildman–Crippen MR) is 96.8 cm³/mol. The van der Waals surface area contributed by atoms with Gasteiger partial charge in [-0.1, -0.05) is 12.7 Å². The molecule has 26 heavy (non-hydrogen) atoms. The zero-order valence-corrected chi connectivity index (χ0v) is 15.6. The van der Waals surface area contributed by atoms with Gasteiger partial charge in [0.1, 0.15) is 17.7 Å². The number of Topliss-reactive ketones (excluding diaryl/α,β-unsaturated/α-hetero) is 1. The average molecular weight is 362 g/mol. The number of carbonyl (C=O) groups excluding carboxylic acids is 2. The topological polar surface area (TPSA) is 93.5 Å². The number of aliphatic imine (C=N–C) groups is 1. The molecule has 7 nitrogen and oxygen atoms in total. The van der Waals surface area contributed by atoms with E-state index in [-0.39, 0.29) is 23.6 Å². The van der Waals surface area contributed by atoms with Gasteiger partial charge in [0.15, 0.2) is 5.78 Å². The fourth-order valence-corrected chi connectivity index (χ4v) is 2.02. The van der Waals surface area contributed by atoms with Crippen molar-refractivity contribution in [2.24, 2.45) is 4.99 Å². The molecule has 0 aromatic carbocycles. The number of allylic oxidation sites excluding steroid dienone is 2. The van der Waals surface area contributed by atoms with Crippen LogP contribution in [-0.2, 0) is 4.79 Å². The summed E-state index contributed by atoms with van der Waals surface area (Å²) in [7, 11) is 1.24. The molecule has 0 bridgehead atoms. The molecule has 1 aromatic rings. The van der Waals surface area contributed by atoms with Crippen molar-refractivity contribution in [2.45, 2.75) is 39.7 Å². The van der Waals surface area contributed by atoms with Crippen LogP contribution in [0, 0.1) is 5.82 Å². The Balaban J connectivity index is 3.26. The number of ether oxygens (including phenoxy) is 1. The second-order valence-electron chi connectivity index (χ2n) is 6.31. The van der Waals surface area contributed by atoms with Gasteiger partial charge in [0, 0.05) is 18.2 Å². The second-order valence-corrected chi connectivity index (χ2v) is 6.31. The summed E-state index contributed by atoms with van der Waals surface area (Å²) >= 11 is 0. The highest BCUT2D eigenvalue weighted by molar-refractivity contribution is 6.00. The molecule has 0 aliphatic rings. The lowest BCUT2D eigenvalue weighted by atomic mass is 10.0. The van der Waals surface area contributed by atoms with Crippen molar-refractivity contribution < 1.29 is 18.7 Å². The Labute approximate surface area is 152 Å². The van der Waals surface area contributed by atoms with Crippen molar-refractivity contribution >= 4 is 17.9 Å². The highest BCUT2D eigenvalue weighted by atomic mass is 19.1. The van der Waals surface area contributed by atoms with Gasteiger partial charge in [0.05, 0.1) is 7.11 Å². The molecule has 0 unspecified atom stereocenters. The maximum Gasteiger partial charge on any atom is 0.270 e. The Bertz CT molecular complexity index is 764. The summed E-state index contributed by atoms with van der Waals surface area (Å²) in [5, 5.41) is 2.77. The zero-order chi connectivity index (χ0) is 19.9. The largest absolute Gasteiger partial charge is 0.479 e. The first kappa shape index (κ1) is 21.1. The molecule has 1 N–H and O–H groups in total. The Morgan fingerprint density at radius 1 is 1.38 bits per heavy atom. The number of rotatable bonds is 7. The van der Waals surface area contributed by atoms with Crippen LogP contribution in [0.3, 0.4) is 0 Å². The molecular weight excluding hydrogens is 339 g/mol. The standard InChI is InChI=1S/C18H23FN4O3/c1-7-11(14(20-8-2)16(25)23-18(3,4)5)9-12(24)15-13(19)17(26-6)22-10-21-15/h7-8,10H,1,9H2,2-6H3,(H,23,25)/b14-11+,20-8?. The summed E-state index contributed by atoms with van der Waals surface area (Å²) in [6.45, 7) is 10.7. The van der Waals surface area contributed by atoms with E-state index in [2.05, 4.69) is 26.9 Å². The smallest absolute Gasteiger partial charge is 0.270 e. The van der Waals surface area contributed by atoms with Crippen LogP contribution in [-0.4, -0.2) is 40.5 Å². The Hall–Kier alpha value is -2.90. The highest BCUT2D eigenvalue weighted by Crippen LogP contribution is 2.20. The summed E-state index contributed by atoms with van der Waals surface area (Å²) in [5.41, 5.74) is -0.625. The van der Waals surface area contributed by atoms with Gasteiger partial charge in [-0.25, -0.2) is 4.98 Å². The van der Waals surface area contributed by atoms with E-state index in [1.54, 1.807) is 6.92 Å². The van der Waals surface area contributed by atoms with Gasteiger partial charge in [-0.3, -0.25) is 14.6 Å². The molecule has 1 aromatic heterocycles. The van der Waals surface area contributed by atoms with E-state index < -0.39 is 28.7 Å². The minimum atomic E-state index is -0.955. The van der Waals surface area contributed by atoms with Gasteiger partial charge in [0.2, 0.25) is 5.82 Å². The van der Waals surface area contributed by atoms with Crippen molar-refractivity contribution in [2.75, 3.05) is 7.11 Å². The molecule has 0 aliphatic heterocycles. The van der Waals surface area contributed by atoms with E-state index in [0.29, 0.717) is 0 Å². The number of carbonyl (C=O) groups is 2. The molecule has 8 heteroatoms. The van der Waals surface area contributed by atoms with E-state index in [1.165, 1.54) is 19.4 Å². The van der Waals surface area contributed by atoms with Gasteiger partial charge in [-0.05, 0) is 33.3 Å². The first-order valence-electron chi connectivity index (χ1n) is 7.89. The van der Waals surface area contributed by atoms with Crippen LogP contribution in [0.2, 0.25) is 0 Å². The van der Waals surface area contributed by atoms with Crippen molar-refractivity contribution in [3.63, 3.8) is 0 Å². The predicted octanol–water partition coefficient (Wildman–Crippen LogP) is 2.64. The average Bonchev–Trinajstić information content (AvgIpc) is 2.56. The van der Waals surface area contributed by atoms with Crippen LogP contribution >= 0.6 is 0 Å². The lowest BCUT2D eigenvalue weighted by molar-refractivity contribution is -0.118. The SMILES string of the molecule is C=C/C(CC(=O)c1ncnc(OC)c1F)=C(\N=CC)C(=O)NC(C)(C)C. The molecule has 0 saturated carbocycles. The summed E-state index contributed by atoms with van der Waals surface area (Å²) in [6, 6.07) is 0. The Morgan fingerprint density at radius 3 is 2.54 bits per heavy atom. The maximum absolute atomic E-state index is 14.2. The fraction of sp³-hybridized carbons (Fsp3) is 0.389. The van der Waals surface area contributed by atoms with Crippen LogP contribution in [0.15, 0.2) is 35.2 Å². The third-order valence-corrected chi connectivity index (χ3v) is 3.08. The molecule has 0 saturated heterocycles. The number of hydrogen-bond donors (Lipinski definition) is 1. The first-order valence-corrected chi connectivity index (χ1v) is 7.89. The fourth-order valence-electron chi connectivity index (χ4n) is 2.02. The number of methoxy groups -OCH3 is 1. The zero-order valence-electron chi connectivity index (χ0n) is 15.6. The van der Waals surface area contributed by atoms with Crippen molar-refractivity contribution in [1.29, 1.82) is 0 Å². The lowest BCUT2D eigenvalue weighted by Crippen LogP contribution is -2.41. The third kappa shape index (κ3) is 5.58. The van der Waals surface area contributed by atoms with Crippen molar-refractivity contribution in [3.05, 3.63) is 41.8 Å². The number of amides is 1. The second kappa shape index (κ2) is 8.98. The molecule has 0 atom stereocenters. The van der Waals surface area contributed by atoms with Gasteiger partial charge >= 0.3 is 0 Å². The summed E-state index contributed by atoms with van der Waals surface area (Å²) in [5.74, 6) is -2.39. The van der Waals surface area contributed by atoms with E-state index in [1.807, 2.05) is 20.8 Å². The number of aromatic nitrogens is 2. The Morgan fingerprint density at radius 2 is 2.04 bits per heavy atom. The van der Waals surface area contributed by atoms with Gasteiger partial charge in [-0.15, -0.1) is 0 Å². The molecule has 1 heterocycles. The van der Waals surface area contributed by atoms with Crippen LogP contribution in [0.4, 0.5) is 4.39 Å². The van der Waals surface area contributed by atoms with Crippen LogP contribution in [0.1, 0.15) is 44.6 Å². The van der Waals surface area contributed by atoms with Gasteiger partial charge in [0.25, 0.3) is 11.8 Å². The quantitative estimate of drug-likeness (QED) is 0.348. The van der Waals surface area contributed by atoms with Crippen LogP contribution < -0.4 is 10.1 Å². The van der Waals surface area contributed by atoms with Crippen molar-refractivity contribution in [3.8, 4) is 5.88 Å². The summed E-state index contributed by atoms with van der Waals surface area (Å²) in [6.07, 6.45) is 3.51. The lowest BCUT2D eigenvalue weighted by Gasteiger charge is -2.21. The highest BCUT2D eigenvalue weighted by Gasteiger charge is 2.23. The molecule has 0 fully saturated rings. The van der Waals surface area contributed by atoms with E-state index >= 15 is 0 Å². The first-order chi connectivity index (χ1) is 12.1. The molecule has 0 radical (unpaired) electrons. The molecule has 1 rings (SSSR count). The number of hydrogen-bond acceptors (Lipinski definition) is 6. The van der Waals surface area contributed by atoms with Crippen LogP contribution in [0.25, 0.3) is 0 Å². The molecular formula is C18H23FN4O3. The third-order valence-electron chi connectivity index (χ3n) is 3.08. The van der Waals surface area contributed by atoms with Gasteiger partial charge in [-0.2, -0.15) is 9.37 Å². The van der Waals surface area contributed by atoms with Crippen molar-refractivity contribution in [1.82, 2.24) is 15.3 Å². The Kier molecular flexibility index (Phi) is 7.30. The number of ketones is 1. The minimum absolute atomic E-state index is 0.0344. The monoisotopic (exact) mass is 362 g/mol. The van der Waals surface area contributed by atoms with Crippen LogP contribution in [0.5, 0.6) is 5.88 Å². The number of nitrogens with one attached hydrogen (secondary N) is 1. The number of halogens is 1.